The van der Waals surface area contributed by atoms with Crippen molar-refractivity contribution in [3.05, 3.63) is 59.2 Å². The van der Waals surface area contributed by atoms with E-state index in [9.17, 15) is 14.4 Å². The number of hydrogen-bond acceptors (Lipinski definition) is 5. The molecule has 3 rings (SSSR count). The lowest BCUT2D eigenvalue weighted by atomic mass is 10.2. The van der Waals surface area contributed by atoms with Crippen molar-refractivity contribution in [2.45, 2.75) is 13.0 Å². The van der Waals surface area contributed by atoms with Crippen LogP contribution in [-0.4, -0.2) is 46.3 Å². The van der Waals surface area contributed by atoms with Gasteiger partial charge in [-0.15, -0.1) is 11.3 Å². The molecule has 30 heavy (non-hydrogen) atoms. The molecule has 0 atom stereocenters. The topological polar surface area (TPSA) is 133 Å². The molecule has 4 amide bonds. The first-order valence-corrected chi connectivity index (χ1v) is 10.1. The quantitative estimate of drug-likeness (QED) is 0.440. The molecule has 0 bridgehead atoms. The van der Waals surface area contributed by atoms with Gasteiger partial charge in [0.2, 0.25) is 5.91 Å². The van der Waals surface area contributed by atoms with Crippen LogP contribution in [0.15, 0.2) is 48.0 Å². The Morgan fingerprint density at radius 3 is 2.70 bits per heavy atom. The van der Waals surface area contributed by atoms with Gasteiger partial charge in [-0.05, 0) is 11.6 Å². The second-order valence-corrected chi connectivity index (χ2v) is 7.43. The van der Waals surface area contributed by atoms with Crippen LogP contribution >= 0.6 is 11.3 Å². The first kappa shape index (κ1) is 21.1. The van der Waals surface area contributed by atoms with Gasteiger partial charge in [-0.1, -0.05) is 30.3 Å². The van der Waals surface area contributed by atoms with E-state index < -0.39 is 5.91 Å². The molecule has 10 heteroatoms. The first-order chi connectivity index (χ1) is 14.4. The number of urea groups is 1. The van der Waals surface area contributed by atoms with Crippen molar-refractivity contribution in [3.63, 3.8) is 0 Å². The summed E-state index contributed by atoms with van der Waals surface area (Å²) in [6.07, 6.45) is 1.75. The molecule has 156 valence electrons. The number of rotatable bonds is 8. The highest BCUT2D eigenvalue weighted by atomic mass is 32.1. The number of carbonyl (C=O) groups excluding carboxylic acids is 3. The SMILES string of the molecule is CN(Cc1ccccc1)C(=O)NCCC(=O)Nc1nc(-c2c[nH]c(C(N)=O)c2)cs1. The molecular formula is C20H22N6O3S. The normalized spacial score (nSPS) is 10.4. The molecule has 0 saturated heterocycles. The predicted octanol–water partition coefficient (Wildman–Crippen LogP) is 2.41. The zero-order valence-corrected chi connectivity index (χ0v) is 17.2. The summed E-state index contributed by atoms with van der Waals surface area (Å²) in [7, 11) is 1.70. The third-order valence-electron chi connectivity index (χ3n) is 4.23. The second-order valence-electron chi connectivity index (χ2n) is 6.58. The minimum absolute atomic E-state index is 0.121. The van der Waals surface area contributed by atoms with Gasteiger partial charge in [-0.25, -0.2) is 9.78 Å². The predicted molar refractivity (Wildman–Crippen MR) is 115 cm³/mol. The summed E-state index contributed by atoms with van der Waals surface area (Å²) in [5.74, 6) is -0.810. The zero-order valence-electron chi connectivity index (χ0n) is 16.3. The van der Waals surface area contributed by atoms with Gasteiger partial charge >= 0.3 is 6.03 Å². The van der Waals surface area contributed by atoms with Crippen LogP contribution in [0.4, 0.5) is 9.93 Å². The van der Waals surface area contributed by atoms with Gasteiger partial charge in [-0.2, -0.15) is 0 Å². The lowest BCUT2D eigenvalue weighted by Gasteiger charge is -2.17. The highest BCUT2D eigenvalue weighted by molar-refractivity contribution is 7.14. The highest BCUT2D eigenvalue weighted by Crippen LogP contribution is 2.25. The van der Waals surface area contributed by atoms with E-state index in [1.807, 2.05) is 30.3 Å². The van der Waals surface area contributed by atoms with Crippen LogP contribution in [0.25, 0.3) is 11.3 Å². The lowest BCUT2D eigenvalue weighted by Crippen LogP contribution is -2.38. The minimum Gasteiger partial charge on any atom is -0.364 e. The summed E-state index contributed by atoms with van der Waals surface area (Å²) in [5, 5.41) is 7.63. The number of H-pyrrole nitrogens is 1. The van der Waals surface area contributed by atoms with E-state index in [1.165, 1.54) is 11.3 Å². The van der Waals surface area contributed by atoms with Crippen LogP contribution < -0.4 is 16.4 Å². The Kier molecular flexibility index (Phi) is 6.81. The molecule has 0 saturated carbocycles. The minimum atomic E-state index is -0.554. The summed E-state index contributed by atoms with van der Waals surface area (Å²) >= 11 is 1.27. The van der Waals surface area contributed by atoms with Crippen molar-refractivity contribution in [2.24, 2.45) is 5.73 Å². The summed E-state index contributed by atoms with van der Waals surface area (Å²) in [6, 6.07) is 11.0. The molecule has 3 aromatic rings. The fourth-order valence-electron chi connectivity index (χ4n) is 2.68. The van der Waals surface area contributed by atoms with Crippen molar-refractivity contribution < 1.29 is 14.4 Å². The van der Waals surface area contributed by atoms with Crippen molar-refractivity contribution >= 4 is 34.3 Å². The van der Waals surface area contributed by atoms with Gasteiger partial charge in [0.05, 0.1) is 5.69 Å². The van der Waals surface area contributed by atoms with Crippen molar-refractivity contribution in [3.8, 4) is 11.3 Å². The summed E-state index contributed by atoms with van der Waals surface area (Å²) in [6.45, 7) is 0.694. The highest BCUT2D eigenvalue weighted by Gasteiger charge is 2.12. The zero-order chi connectivity index (χ0) is 21.5. The maximum Gasteiger partial charge on any atom is 0.317 e. The second kappa shape index (κ2) is 9.70. The Morgan fingerprint density at radius 2 is 2.00 bits per heavy atom. The summed E-state index contributed by atoms with van der Waals surface area (Å²) < 4.78 is 0. The number of nitrogens with two attached hydrogens (primary N) is 1. The van der Waals surface area contributed by atoms with E-state index in [1.54, 1.807) is 29.6 Å². The molecule has 0 fully saturated rings. The lowest BCUT2D eigenvalue weighted by molar-refractivity contribution is -0.116. The number of thiazole rings is 1. The molecule has 0 aliphatic heterocycles. The fraction of sp³-hybridized carbons (Fsp3) is 0.200. The summed E-state index contributed by atoms with van der Waals surface area (Å²) in [4.78, 5) is 44.1. The third-order valence-corrected chi connectivity index (χ3v) is 4.99. The molecular weight excluding hydrogens is 404 g/mol. The largest absolute Gasteiger partial charge is 0.364 e. The smallest absolute Gasteiger partial charge is 0.317 e. The van der Waals surface area contributed by atoms with E-state index in [2.05, 4.69) is 20.6 Å². The van der Waals surface area contributed by atoms with Crippen molar-refractivity contribution in [1.29, 1.82) is 0 Å². The Balaban J connectivity index is 1.43. The first-order valence-electron chi connectivity index (χ1n) is 9.19. The van der Waals surface area contributed by atoms with Crippen molar-refractivity contribution in [2.75, 3.05) is 18.9 Å². The molecule has 0 radical (unpaired) electrons. The number of amides is 4. The summed E-state index contributed by atoms with van der Waals surface area (Å²) in [5.41, 5.74) is 7.86. The molecule has 2 heterocycles. The Labute approximate surface area is 177 Å². The van der Waals surface area contributed by atoms with Gasteiger partial charge in [0.1, 0.15) is 5.69 Å². The van der Waals surface area contributed by atoms with E-state index in [0.717, 1.165) is 5.56 Å². The van der Waals surface area contributed by atoms with Crippen LogP contribution in [0, 0.1) is 0 Å². The van der Waals surface area contributed by atoms with E-state index >= 15 is 0 Å². The molecule has 9 nitrogen and oxygen atoms in total. The number of aromatic amines is 1. The number of nitrogens with one attached hydrogen (secondary N) is 3. The van der Waals surface area contributed by atoms with Crippen LogP contribution in [0.1, 0.15) is 22.5 Å². The van der Waals surface area contributed by atoms with Gasteiger partial charge in [-0.3, -0.25) is 9.59 Å². The standard InChI is InChI=1S/C20H22N6O3S/c1-26(11-13-5-3-2-4-6-13)20(29)22-8-7-17(27)25-19-24-16(12-30-19)14-9-15(18(21)28)23-10-14/h2-6,9-10,12,23H,7-8,11H2,1H3,(H2,21,28)(H,22,29)(H,24,25,27). The Hall–Kier alpha value is -3.66. The van der Waals surface area contributed by atoms with Crippen molar-refractivity contribution in [1.82, 2.24) is 20.2 Å². The average Bonchev–Trinajstić information content (AvgIpc) is 3.38. The number of hydrogen-bond donors (Lipinski definition) is 4. The van der Waals surface area contributed by atoms with E-state index in [-0.39, 0.29) is 30.6 Å². The molecule has 0 aliphatic rings. The van der Waals surface area contributed by atoms with Gasteiger partial charge in [0.25, 0.3) is 5.91 Å². The van der Waals surface area contributed by atoms with Crippen LogP contribution in [0.3, 0.4) is 0 Å². The van der Waals surface area contributed by atoms with E-state index in [4.69, 9.17) is 5.73 Å². The third kappa shape index (κ3) is 5.67. The molecule has 0 unspecified atom stereocenters. The number of nitrogens with zero attached hydrogens (tertiary/aromatic N) is 2. The number of benzene rings is 1. The Bertz CT molecular complexity index is 1030. The fourth-order valence-corrected chi connectivity index (χ4v) is 3.41. The van der Waals surface area contributed by atoms with Crippen LogP contribution in [0.2, 0.25) is 0 Å². The van der Waals surface area contributed by atoms with Gasteiger partial charge < -0.3 is 26.3 Å². The van der Waals surface area contributed by atoms with Crippen LogP contribution in [-0.2, 0) is 11.3 Å². The maximum atomic E-state index is 12.1. The van der Waals surface area contributed by atoms with Crippen LogP contribution in [0.5, 0.6) is 0 Å². The molecule has 0 spiro atoms. The molecule has 5 N–H and O–H groups in total. The Morgan fingerprint density at radius 1 is 1.23 bits per heavy atom. The molecule has 1 aromatic carbocycles. The number of primary amides is 1. The average molecular weight is 427 g/mol. The number of aromatic nitrogens is 2. The van der Waals surface area contributed by atoms with Gasteiger partial charge in [0.15, 0.2) is 5.13 Å². The number of anilines is 1. The monoisotopic (exact) mass is 426 g/mol. The molecule has 0 aliphatic carbocycles. The van der Waals surface area contributed by atoms with Gasteiger partial charge in [0, 0.05) is 43.7 Å². The maximum absolute atomic E-state index is 12.1. The van der Waals surface area contributed by atoms with E-state index in [0.29, 0.717) is 22.9 Å². The number of carbonyl (C=O) groups is 3. The molecule has 2 aromatic heterocycles.